The first kappa shape index (κ1) is 16.8. The van der Waals surface area contributed by atoms with Crippen molar-refractivity contribution < 1.29 is 9.21 Å². The van der Waals surface area contributed by atoms with Crippen LogP contribution in [0.3, 0.4) is 0 Å². The summed E-state index contributed by atoms with van der Waals surface area (Å²) in [6.07, 6.45) is 1.77. The van der Waals surface area contributed by atoms with E-state index in [2.05, 4.69) is 5.32 Å². The molecule has 0 saturated heterocycles. The van der Waals surface area contributed by atoms with Gasteiger partial charge >= 0.3 is 0 Å². The standard InChI is InChI=1S/C14H17ClN2O2.ClH/c1-9-11-8-10(15)4-5-12(11)19-13(9)14(18)17-7-3-2-6-16;/h4-5,8H,2-3,6-7,16H2,1H3,(H,17,18);1H. The Kier molecular flexibility index (Phi) is 6.33. The van der Waals surface area contributed by atoms with Gasteiger partial charge in [-0.15, -0.1) is 12.4 Å². The molecule has 1 amide bonds. The Labute approximate surface area is 129 Å². The summed E-state index contributed by atoms with van der Waals surface area (Å²) in [7, 11) is 0. The average Bonchev–Trinajstić information content (AvgIpc) is 2.72. The molecule has 0 unspecified atom stereocenters. The molecule has 1 aromatic heterocycles. The number of nitrogens with one attached hydrogen (secondary N) is 1. The smallest absolute Gasteiger partial charge is 0.287 e. The number of amides is 1. The molecule has 0 saturated carbocycles. The number of halogens is 2. The molecule has 0 aliphatic heterocycles. The van der Waals surface area contributed by atoms with Crippen LogP contribution >= 0.6 is 24.0 Å². The number of aryl methyl sites for hydroxylation is 1. The molecule has 3 N–H and O–H groups in total. The summed E-state index contributed by atoms with van der Waals surface area (Å²) in [4.78, 5) is 12.0. The van der Waals surface area contributed by atoms with Crippen LogP contribution < -0.4 is 11.1 Å². The highest BCUT2D eigenvalue weighted by Crippen LogP contribution is 2.27. The van der Waals surface area contributed by atoms with Crippen molar-refractivity contribution in [2.24, 2.45) is 5.73 Å². The molecular weight excluding hydrogens is 299 g/mol. The lowest BCUT2D eigenvalue weighted by Crippen LogP contribution is -2.25. The molecule has 0 aliphatic carbocycles. The molecule has 1 aromatic carbocycles. The van der Waals surface area contributed by atoms with Crippen molar-refractivity contribution in [2.75, 3.05) is 13.1 Å². The van der Waals surface area contributed by atoms with Gasteiger partial charge in [0.1, 0.15) is 5.58 Å². The van der Waals surface area contributed by atoms with E-state index in [1.807, 2.05) is 6.92 Å². The second-order valence-electron chi connectivity index (χ2n) is 4.45. The van der Waals surface area contributed by atoms with E-state index in [0.717, 1.165) is 23.8 Å². The van der Waals surface area contributed by atoms with Crippen LogP contribution in [0.2, 0.25) is 5.02 Å². The number of hydrogen-bond acceptors (Lipinski definition) is 3. The van der Waals surface area contributed by atoms with E-state index in [9.17, 15) is 4.79 Å². The van der Waals surface area contributed by atoms with Crippen molar-refractivity contribution in [1.29, 1.82) is 0 Å². The molecule has 20 heavy (non-hydrogen) atoms. The molecule has 6 heteroatoms. The zero-order valence-corrected chi connectivity index (χ0v) is 12.8. The van der Waals surface area contributed by atoms with Crippen LogP contribution in [0.25, 0.3) is 11.0 Å². The van der Waals surface area contributed by atoms with E-state index in [4.69, 9.17) is 21.8 Å². The molecule has 4 nitrogen and oxygen atoms in total. The number of hydrogen-bond donors (Lipinski definition) is 2. The van der Waals surface area contributed by atoms with Gasteiger partial charge in [-0.2, -0.15) is 0 Å². The Morgan fingerprint density at radius 1 is 1.40 bits per heavy atom. The first-order valence-corrected chi connectivity index (χ1v) is 6.68. The van der Waals surface area contributed by atoms with Crippen LogP contribution in [0.1, 0.15) is 29.0 Å². The van der Waals surface area contributed by atoms with Crippen molar-refractivity contribution in [2.45, 2.75) is 19.8 Å². The van der Waals surface area contributed by atoms with Gasteiger partial charge in [0.15, 0.2) is 5.76 Å². The minimum absolute atomic E-state index is 0. The van der Waals surface area contributed by atoms with Gasteiger partial charge in [-0.25, -0.2) is 0 Å². The van der Waals surface area contributed by atoms with Crippen LogP contribution in [0.15, 0.2) is 22.6 Å². The Bertz CT molecular complexity index is 596. The lowest BCUT2D eigenvalue weighted by molar-refractivity contribution is 0.0926. The maximum atomic E-state index is 12.0. The topological polar surface area (TPSA) is 68.3 Å². The second kappa shape index (κ2) is 7.53. The summed E-state index contributed by atoms with van der Waals surface area (Å²) >= 11 is 5.94. The van der Waals surface area contributed by atoms with Gasteiger partial charge in [0.2, 0.25) is 0 Å². The number of carbonyl (C=O) groups excluding carboxylic acids is 1. The lowest BCUT2D eigenvalue weighted by atomic mass is 10.1. The number of furan rings is 1. The summed E-state index contributed by atoms with van der Waals surface area (Å²) in [6.45, 7) is 3.10. The number of nitrogens with two attached hydrogens (primary N) is 1. The monoisotopic (exact) mass is 316 g/mol. The fraction of sp³-hybridized carbons (Fsp3) is 0.357. The number of benzene rings is 1. The fourth-order valence-electron chi connectivity index (χ4n) is 1.96. The predicted molar refractivity (Wildman–Crippen MR) is 83.8 cm³/mol. The zero-order valence-electron chi connectivity index (χ0n) is 11.2. The third kappa shape index (κ3) is 3.66. The van der Waals surface area contributed by atoms with Gasteiger partial charge in [0, 0.05) is 22.5 Å². The van der Waals surface area contributed by atoms with Gasteiger partial charge in [-0.05, 0) is 44.5 Å². The SMILES string of the molecule is Cc1c(C(=O)NCCCCN)oc2ccc(Cl)cc12.Cl. The van der Waals surface area contributed by atoms with E-state index in [1.165, 1.54) is 0 Å². The molecule has 2 aromatic rings. The van der Waals surface area contributed by atoms with Gasteiger partial charge in [0.25, 0.3) is 5.91 Å². The quantitative estimate of drug-likeness (QED) is 0.832. The van der Waals surface area contributed by atoms with Crippen molar-refractivity contribution in [1.82, 2.24) is 5.32 Å². The van der Waals surface area contributed by atoms with Crippen molar-refractivity contribution in [3.05, 3.63) is 34.5 Å². The summed E-state index contributed by atoms with van der Waals surface area (Å²) < 4.78 is 5.58. The lowest BCUT2D eigenvalue weighted by Gasteiger charge is -2.02. The highest BCUT2D eigenvalue weighted by molar-refractivity contribution is 6.31. The predicted octanol–water partition coefficient (Wildman–Crippen LogP) is 3.29. The summed E-state index contributed by atoms with van der Waals surface area (Å²) in [5, 5.41) is 4.33. The van der Waals surface area contributed by atoms with E-state index >= 15 is 0 Å². The molecule has 110 valence electrons. The minimum Gasteiger partial charge on any atom is -0.451 e. The van der Waals surface area contributed by atoms with Crippen molar-refractivity contribution in [3.8, 4) is 0 Å². The van der Waals surface area contributed by atoms with E-state index in [-0.39, 0.29) is 18.3 Å². The van der Waals surface area contributed by atoms with Gasteiger partial charge in [0.05, 0.1) is 0 Å². The van der Waals surface area contributed by atoms with Gasteiger partial charge in [-0.1, -0.05) is 11.6 Å². The number of fused-ring (bicyclic) bond motifs is 1. The van der Waals surface area contributed by atoms with Crippen LogP contribution in [-0.4, -0.2) is 19.0 Å². The largest absolute Gasteiger partial charge is 0.451 e. The molecule has 0 bridgehead atoms. The maximum Gasteiger partial charge on any atom is 0.287 e. The Morgan fingerprint density at radius 3 is 2.85 bits per heavy atom. The normalized spacial score (nSPS) is 10.3. The zero-order chi connectivity index (χ0) is 13.8. The van der Waals surface area contributed by atoms with Gasteiger partial charge < -0.3 is 15.5 Å². The van der Waals surface area contributed by atoms with E-state index in [1.54, 1.807) is 18.2 Å². The first-order chi connectivity index (χ1) is 9.13. The molecule has 0 spiro atoms. The molecule has 1 heterocycles. The Morgan fingerprint density at radius 2 is 2.15 bits per heavy atom. The Hall–Kier alpha value is -1.23. The molecular formula is C14H18Cl2N2O2. The summed E-state index contributed by atoms with van der Waals surface area (Å²) in [6, 6.07) is 5.33. The van der Waals surface area contributed by atoms with Crippen LogP contribution in [-0.2, 0) is 0 Å². The Balaban J connectivity index is 0.00000200. The molecule has 0 atom stereocenters. The number of rotatable bonds is 5. The molecule has 0 fully saturated rings. The maximum absolute atomic E-state index is 12.0. The van der Waals surface area contributed by atoms with Crippen LogP contribution in [0, 0.1) is 6.92 Å². The number of unbranched alkanes of at least 4 members (excludes halogenated alkanes) is 1. The highest BCUT2D eigenvalue weighted by Gasteiger charge is 2.17. The van der Waals surface area contributed by atoms with Crippen LogP contribution in [0.5, 0.6) is 0 Å². The van der Waals surface area contributed by atoms with Crippen molar-refractivity contribution >= 4 is 40.9 Å². The average molecular weight is 317 g/mol. The second-order valence-corrected chi connectivity index (χ2v) is 4.88. The molecule has 0 aliphatic rings. The molecule has 0 radical (unpaired) electrons. The minimum atomic E-state index is -0.193. The third-order valence-corrected chi connectivity index (χ3v) is 3.26. The molecule has 2 rings (SSSR count). The van der Waals surface area contributed by atoms with Crippen molar-refractivity contribution in [3.63, 3.8) is 0 Å². The van der Waals surface area contributed by atoms with E-state index in [0.29, 0.717) is 29.5 Å². The van der Waals surface area contributed by atoms with Crippen LogP contribution in [0.4, 0.5) is 0 Å². The van der Waals surface area contributed by atoms with E-state index < -0.39 is 0 Å². The summed E-state index contributed by atoms with van der Waals surface area (Å²) in [5.41, 5.74) is 6.89. The first-order valence-electron chi connectivity index (χ1n) is 6.30. The summed E-state index contributed by atoms with van der Waals surface area (Å²) in [5.74, 6) is 0.159. The number of carbonyl (C=O) groups is 1. The fourth-order valence-corrected chi connectivity index (χ4v) is 2.13. The highest BCUT2D eigenvalue weighted by atomic mass is 35.5. The van der Waals surface area contributed by atoms with Gasteiger partial charge in [-0.3, -0.25) is 4.79 Å². The third-order valence-electron chi connectivity index (χ3n) is 3.02.